The maximum Gasteiger partial charge on any atom is 0.267 e. The number of rotatable bonds is 17. The summed E-state index contributed by atoms with van der Waals surface area (Å²) in [4.78, 5) is 11.3. The molecule has 0 rings (SSSR count). The Kier molecular flexibility index (Phi) is 16.9. The van der Waals surface area contributed by atoms with Gasteiger partial charge in [-0.25, -0.2) is 0 Å². The van der Waals surface area contributed by atoms with E-state index in [2.05, 4.69) is 27.4 Å². The highest BCUT2D eigenvalue weighted by Crippen LogP contribution is 2.38. The zero-order chi connectivity index (χ0) is 16.5. The molecule has 0 spiro atoms. The average Bonchev–Trinajstić information content (AvgIpc) is 2.50. The van der Waals surface area contributed by atoms with Gasteiger partial charge in [0.25, 0.3) is 7.82 Å². The molecule has 0 saturated carbocycles. The molecular formula is C16H33BrO4P-. The SMILES string of the molecule is CCCCCCCCCCCCCCOP(=O)([O-])OCCBr. The van der Waals surface area contributed by atoms with Crippen molar-refractivity contribution in [1.82, 2.24) is 0 Å². The Balaban J connectivity index is 3.19. The van der Waals surface area contributed by atoms with Gasteiger partial charge in [0, 0.05) is 5.33 Å². The first-order valence-corrected chi connectivity index (χ1v) is 11.4. The average molecular weight is 400 g/mol. The van der Waals surface area contributed by atoms with Crippen LogP contribution in [0.4, 0.5) is 0 Å². The minimum absolute atomic E-state index is 0.124. The number of alkyl halides is 1. The molecule has 0 aliphatic carbocycles. The largest absolute Gasteiger partial charge is 0.756 e. The lowest BCUT2D eigenvalue weighted by Gasteiger charge is -2.22. The van der Waals surface area contributed by atoms with Crippen molar-refractivity contribution in [2.45, 2.75) is 84.0 Å². The molecule has 22 heavy (non-hydrogen) atoms. The van der Waals surface area contributed by atoms with Crippen molar-refractivity contribution in [2.24, 2.45) is 0 Å². The molecule has 0 aromatic heterocycles. The molecule has 6 heteroatoms. The molecule has 1 atom stereocenters. The van der Waals surface area contributed by atoms with E-state index in [4.69, 9.17) is 4.52 Å². The second-order valence-corrected chi connectivity index (χ2v) is 7.90. The minimum Gasteiger partial charge on any atom is -0.756 e. The van der Waals surface area contributed by atoms with Crippen LogP contribution in [-0.4, -0.2) is 18.5 Å². The van der Waals surface area contributed by atoms with Crippen LogP contribution in [0.5, 0.6) is 0 Å². The first kappa shape index (κ1) is 22.6. The fraction of sp³-hybridized carbons (Fsp3) is 1.00. The van der Waals surface area contributed by atoms with Gasteiger partial charge in [-0.15, -0.1) is 0 Å². The van der Waals surface area contributed by atoms with Crippen LogP contribution in [0.25, 0.3) is 0 Å². The number of phosphoric acid groups is 1. The van der Waals surface area contributed by atoms with Crippen molar-refractivity contribution >= 4 is 23.8 Å². The molecule has 134 valence electrons. The minimum atomic E-state index is -4.07. The molecule has 0 amide bonds. The topological polar surface area (TPSA) is 58.6 Å². The summed E-state index contributed by atoms with van der Waals surface area (Å²) >= 11 is 3.11. The maximum atomic E-state index is 11.3. The number of halogens is 1. The van der Waals surface area contributed by atoms with Gasteiger partial charge in [0.15, 0.2) is 0 Å². The number of hydrogen-bond acceptors (Lipinski definition) is 4. The molecule has 0 radical (unpaired) electrons. The van der Waals surface area contributed by atoms with Gasteiger partial charge in [-0.2, -0.15) is 0 Å². The lowest BCUT2D eigenvalue weighted by molar-refractivity contribution is -0.225. The zero-order valence-electron chi connectivity index (χ0n) is 14.1. The van der Waals surface area contributed by atoms with Crippen molar-refractivity contribution in [3.05, 3.63) is 0 Å². The third-order valence-corrected chi connectivity index (χ3v) is 4.90. The van der Waals surface area contributed by atoms with Crippen LogP contribution < -0.4 is 4.89 Å². The van der Waals surface area contributed by atoms with E-state index >= 15 is 0 Å². The molecule has 0 aliphatic heterocycles. The first-order valence-electron chi connectivity index (χ1n) is 8.78. The van der Waals surface area contributed by atoms with Gasteiger partial charge in [0.1, 0.15) is 0 Å². The lowest BCUT2D eigenvalue weighted by atomic mass is 10.1. The predicted octanol–water partition coefficient (Wildman–Crippen LogP) is 5.58. The van der Waals surface area contributed by atoms with Crippen molar-refractivity contribution in [3.8, 4) is 0 Å². The molecule has 0 heterocycles. The van der Waals surface area contributed by atoms with E-state index in [1.54, 1.807) is 0 Å². The normalized spacial score (nSPS) is 14.1. The summed E-state index contributed by atoms with van der Waals surface area (Å²) in [6.45, 7) is 2.61. The molecule has 0 saturated heterocycles. The van der Waals surface area contributed by atoms with E-state index in [0.717, 1.165) is 19.3 Å². The second-order valence-electron chi connectivity index (χ2n) is 5.69. The highest BCUT2D eigenvalue weighted by molar-refractivity contribution is 9.09. The molecule has 4 nitrogen and oxygen atoms in total. The number of phosphoric ester groups is 1. The standard InChI is InChI=1S/C16H34BrO4P/c1-2-3-4-5-6-7-8-9-10-11-12-13-15-20-22(18,19)21-16-14-17/h2-16H2,1H3,(H,18,19)/p-1. The Morgan fingerprint density at radius 2 is 1.18 bits per heavy atom. The summed E-state index contributed by atoms with van der Waals surface area (Å²) in [5.41, 5.74) is 0. The van der Waals surface area contributed by atoms with E-state index in [1.165, 1.54) is 57.8 Å². The number of hydrogen-bond donors (Lipinski definition) is 0. The van der Waals surface area contributed by atoms with E-state index in [-0.39, 0.29) is 13.2 Å². The molecule has 0 bridgehead atoms. The summed E-state index contributed by atoms with van der Waals surface area (Å²) < 4.78 is 20.7. The Hall–Kier alpha value is 0.590. The van der Waals surface area contributed by atoms with Gasteiger partial charge in [0.05, 0.1) is 13.2 Å². The molecule has 1 unspecified atom stereocenters. The van der Waals surface area contributed by atoms with Crippen LogP contribution in [0.15, 0.2) is 0 Å². The second kappa shape index (κ2) is 16.4. The Morgan fingerprint density at radius 3 is 1.64 bits per heavy atom. The van der Waals surface area contributed by atoms with Crippen LogP contribution >= 0.6 is 23.8 Å². The fourth-order valence-corrected chi connectivity index (χ4v) is 3.46. The summed E-state index contributed by atoms with van der Waals surface area (Å²) in [6, 6.07) is 0. The van der Waals surface area contributed by atoms with Gasteiger partial charge >= 0.3 is 0 Å². The number of unbranched alkanes of at least 4 members (excludes halogenated alkanes) is 11. The van der Waals surface area contributed by atoms with Crippen LogP contribution in [0, 0.1) is 0 Å². The van der Waals surface area contributed by atoms with E-state index in [0.29, 0.717) is 5.33 Å². The van der Waals surface area contributed by atoms with Crippen LogP contribution in [0.2, 0.25) is 0 Å². The zero-order valence-corrected chi connectivity index (χ0v) is 16.5. The maximum absolute atomic E-state index is 11.3. The Morgan fingerprint density at radius 1 is 0.773 bits per heavy atom. The third-order valence-electron chi connectivity index (χ3n) is 3.57. The fourth-order valence-electron chi connectivity index (χ4n) is 2.30. The predicted molar refractivity (Wildman–Crippen MR) is 94.4 cm³/mol. The van der Waals surface area contributed by atoms with Crippen molar-refractivity contribution in [1.29, 1.82) is 0 Å². The van der Waals surface area contributed by atoms with Crippen LogP contribution in [0.3, 0.4) is 0 Å². The van der Waals surface area contributed by atoms with Gasteiger partial charge in [-0.05, 0) is 6.42 Å². The first-order chi connectivity index (χ1) is 10.6. The summed E-state index contributed by atoms with van der Waals surface area (Å²) in [7, 11) is -4.07. The summed E-state index contributed by atoms with van der Waals surface area (Å²) in [5, 5.41) is 0.487. The quantitative estimate of drug-likeness (QED) is 0.182. The monoisotopic (exact) mass is 399 g/mol. The Labute approximate surface area is 145 Å². The van der Waals surface area contributed by atoms with Crippen molar-refractivity contribution in [3.63, 3.8) is 0 Å². The van der Waals surface area contributed by atoms with Crippen molar-refractivity contribution in [2.75, 3.05) is 18.5 Å². The molecule has 0 aliphatic rings. The van der Waals surface area contributed by atoms with Crippen molar-refractivity contribution < 1.29 is 18.5 Å². The van der Waals surface area contributed by atoms with Gasteiger partial charge in [-0.1, -0.05) is 93.5 Å². The van der Waals surface area contributed by atoms with E-state index in [1.807, 2.05) is 0 Å². The highest BCUT2D eigenvalue weighted by Gasteiger charge is 2.07. The van der Waals surface area contributed by atoms with Crippen LogP contribution in [-0.2, 0) is 13.6 Å². The van der Waals surface area contributed by atoms with E-state index in [9.17, 15) is 9.46 Å². The smallest absolute Gasteiger partial charge is 0.267 e. The van der Waals surface area contributed by atoms with E-state index < -0.39 is 7.82 Å². The molecule has 0 fully saturated rings. The Bertz CT molecular complexity index is 277. The third kappa shape index (κ3) is 17.0. The molecular weight excluding hydrogens is 367 g/mol. The lowest BCUT2D eigenvalue weighted by Crippen LogP contribution is -2.10. The van der Waals surface area contributed by atoms with Crippen LogP contribution in [0.1, 0.15) is 84.0 Å². The summed E-state index contributed by atoms with van der Waals surface area (Å²) in [6.07, 6.45) is 15.0. The van der Waals surface area contributed by atoms with Gasteiger partial charge < -0.3 is 13.9 Å². The molecule has 0 N–H and O–H groups in total. The summed E-state index contributed by atoms with van der Waals surface area (Å²) in [5.74, 6) is 0. The van der Waals surface area contributed by atoms with Gasteiger partial charge in [-0.3, -0.25) is 4.57 Å². The van der Waals surface area contributed by atoms with Gasteiger partial charge in [0.2, 0.25) is 0 Å². The molecule has 0 aromatic rings. The highest BCUT2D eigenvalue weighted by atomic mass is 79.9. The molecule has 0 aromatic carbocycles.